The minimum atomic E-state index is -0.277. The molecule has 0 spiro atoms. The van der Waals surface area contributed by atoms with Gasteiger partial charge in [0.25, 0.3) is 0 Å². The number of nitrogens with one attached hydrogen (secondary N) is 2. The Morgan fingerprint density at radius 2 is 1.56 bits per heavy atom. The zero-order valence-corrected chi connectivity index (χ0v) is 21.4. The van der Waals surface area contributed by atoms with E-state index in [1.807, 2.05) is 12.1 Å². The van der Waals surface area contributed by atoms with Crippen molar-refractivity contribution in [2.45, 2.75) is 32.7 Å². The molecule has 3 aromatic rings. The molecule has 0 saturated carbocycles. The number of rotatable bonds is 8. The Kier molecular flexibility index (Phi) is 7.18. The number of likely N-dealkylation sites (N-methyl/N-ethyl adjacent to an activating group) is 1. The average Bonchev–Trinajstić information content (AvgIpc) is 3.27. The molecule has 2 aliphatic rings. The molecule has 3 heterocycles. The number of nitrogens with zero attached hydrogens (tertiary/aromatic N) is 4. The topological polar surface area (TPSA) is 73.4 Å². The van der Waals surface area contributed by atoms with Crippen LogP contribution in [0.3, 0.4) is 0 Å². The highest BCUT2D eigenvalue weighted by atomic mass is 16.1. The van der Waals surface area contributed by atoms with E-state index in [4.69, 9.17) is 9.97 Å². The number of carbonyl (C=O) groups is 1. The molecule has 1 aromatic heterocycles. The molecule has 7 nitrogen and oxygen atoms in total. The molecule has 1 fully saturated rings. The molecular formula is C29H36N6O. The number of piperazine rings is 1. The Morgan fingerprint density at radius 1 is 0.944 bits per heavy atom. The Hall–Kier alpha value is -3.45. The summed E-state index contributed by atoms with van der Waals surface area (Å²) in [6.45, 7) is 11.7. The lowest BCUT2D eigenvalue weighted by atomic mass is 9.91. The summed E-state index contributed by atoms with van der Waals surface area (Å²) in [6, 6.07) is 20.8. The van der Waals surface area contributed by atoms with Gasteiger partial charge in [-0.05, 0) is 23.6 Å². The fraction of sp³-hybridized carbons (Fsp3) is 0.414. The minimum Gasteiger partial charge on any atom is -0.370 e. The van der Waals surface area contributed by atoms with Crippen molar-refractivity contribution >= 4 is 23.2 Å². The Labute approximate surface area is 213 Å². The van der Waals surface area contributed by atoms with E-state index in [9.17, 15) is 4.79 Å². The van der Waals surface area contributed by atoms with Crippen molar-refractivity contribution in [1.82, 2.24) is 14.9 Å². The van der Waals surface area contributed by atoms with Crippen LogP contribution in [0.2, 0.25) is 0 Å². The Bertz CT molecular complexity index is 1140. The Balaban J connectivity index is 1.47. The summed E-state index contributed by atoms with van der Waals surface area (Å²) in [5.74, 6) is 1.72. The number of ketones is 1. The van der Waals surface area contributed by atoms with Gasteiger partial charge in [0.1, 0.15) is 11.4 Å². The number of aromatic nitrogens is 2. The van der Waals surface area contributed by atoms with Crippen molar-refractivity contribution in [3.05, 3.63) is 77.5 Å². The molecular weight excluding hydrogens is 448 g/mol. The maximum absolute atomic E-state index is 13.3. The molecule has 2 aromatic carbocycles. The van der Waals surface area contributed by atoms with Crippen molar-refractivity contribution in [2.75, 3.05) is 54.8 Å². The minimum absolute atomic E-state index is 0.0570. The second kappa shape index (κ2) is 10.7. The molecule has 0 aliphatic carbocycles. The van der Waals surface area contributed by atoms with E-state index in [2.05, 4.69) is 89.7 Å². The molecule has 1 saturated heterocycles. The second-order valence-electron chi connectivity index (χ2n) is 10.0. The van der Waals surface area contributed by atoms with Crippen molar-refractivity contribution < 1.29 is 4.79 Å². The van der Waals surface area contributed by atoms with Gasteiger partial charge in [0, 0.05) is 38.6 Å². The first kappa shape index (κ1) is 24.3. The highest BCUT2D eigenvalue weighted by Gasteiger charge is 2.37. The van der Waals surface area contributed by atoms with E-state index >= 15 is 0 Å². The third-order valence-corrected chi connectivity index (χ3v) is 7.36. The molecule has 2 aliphatic heterocycles. The van der Waals surface area contributed by atoms with Gasteiger partial charge in [-0.25, -0.2) is 4.98 Å². The monoisotopic (exact) mass is 484 g/mol. The number of hydrogen-bond donors (Lipinski definition) is 2. The van der Waals surface area contributed by atoms with Crippen LogP contribution in [-0.4, -0.2) is 66.0 Å². The van der Waals surface area contributed by atoms with Crippen molar-refractivity contribution in [1.29, 1.82) is 0 Å². The van der Waals surface area contributed by atoms with Crippen molar-refractivity contribution in [3.63, 3.8) is 0 Å². The molecule has 2 N–H and O–H groups in total. The maximum Gasteiger partial charge on any atom is 0.228 e. The molecule has 0 bridgehead atoms. The number of benzene rings is 2. The third kappa shape index (κ3) is 4.93. The molecule has 0 amide bonds. The van der Waals surface area contributed by atoms with Gasteiger partial charge in [0.2, 0.25) is 11.7 Å². The van der Waals surface area contributed by atoms with Gasteiger partial charge < -0.3 is 20.4 Å². The smallest absolute Gasteiger partial charge is 0.228 e. The first-order valence-corrected chi connectivity index (χ1v) is 13.1. The summed E-state index contributed by atoms with van der Waals surface area (Å²) in [5.41, 5.74) is 3.72. The van der Waals surface area contributed by atoms with Gasteiger partial charge in [-0.3, -0.25) is 4.79 Å². The van der Waals surface area contributed by atoms with E-state index in [-0.39, 0.29) is 23.7 Å². The lowest BCUT2D eigenvalue weighted by Crippen LogP contribution is -2.46. The zero-order valence-electron chi connectivity index (χ0n) is 21.4. The van der Waals surface area contributed by atoms with E-state index in [1.54, 1.807) is 0 Å². The number of Topliss-reactive ketones (excluding diaryl/α,β-unsaturated/α-hetero) is 1. The quantitative estimate of drug-likeness (QED) is 0.488. The first-order chi connectivity index (χ1) is 17.5. The zero-order chi connectivity index (χ0) is 25.1. The van der Waals surface area contributed by atoms with Crippen LogP contribution >= 0.6 is 0 Å². The van der Waals surface area contributed by atoms with E-state index in [0.717, 1.165) is 38.4 Å². The fourth-order valence-electron chi connectivity index (χ4n) is 5.13. The maximum atomic E-state index is 13.3. The lowest BCUT2D eigenvalue weighted by molar-refractivity contribution is 0.0957. The summed E-state index contributed by atoms with van der Waals surface area (Å²) in [7, 11) is 0. The second-order valence-corrected chi connectivity index (χ2v) is 10.0. The van der Waals surface area contributed by atoms with E-state index in [0.29, 0.717) is 24.0 Å². The van der Waals surface area contributed by atoms with Gasteiger partial charge in [0.15, 0.2) is 5.82 Å². The molecule has 5 rings (SSSR count). The number of fused-ring (bicyclic) bond motifs is 1. The normalized spacial score (nSPS) is 18.0. The summed E-state index contributed by atoms with van der Waals surface area (Å²) < 4.78 is 0. The SMILES string of the molecule is CCN1CCN(c2nc(NCC(c3ccccc3)c3ccccc3)c3c(n2)C(=O)C(C(C)C)N3)CC1. The van der Waals surface area contributed by atoms with Crippen LogP contribution in [0.15, 0.2) is 60.7 Å². The summed E-state index contributed by atoms with van der Waals surface area (Å²) in [6.07, 6.45) is 0. The lowest BCUT2D eigenvalue weighted by Gasteiger charge is -2.34. The van der Waals surface area contributed by atoms with Gasteiger partial charge in [-0.1, -0.05) is 81.4 Å². The number of anilines is 3. The van der Waals surface area contributed by atoms with Crippen LogP contribution in [-0.2, 0) is 0 Å². The molecule has 0 radical (unpaired) electrons. The Morgan fingerprint density at radius 3 is 2.11 bits per heavy atom. The van der Waals surface area contributed by atoms with E-state index < -0.39 is 0 Å². The van der Waals surface area contributed by atoms with Gasteiger partial charge in [-0.15, -0.1) is 0 Å². The largest absolute Gasteiger partial charge is 0.370 e. The van der Waals surface area contributed by atoms with E-state index in [1.165, 1.54) is 11.1 Å². The first-order valence-electron chi connectivity index (χ1n) is 13.1. The van der Waals surface area contributed by atoms with Crippen LogP contribution in [0.5, 0.6) is 0 Å². The molecule has 1 atom stereocenters. The average molecular weight is 485 g/mol. The molecule has 1 unspecified atom stereocenters. The van der Waals surface area contributed by atoms with Crippen LogP contribution in [0.25, 0.3) is 0 Å². The summed E-state index contributed by atoms with van der Waals surface area (Å²) >= 11 is 0. The van der Waals surface area contributed by atoms with Crippen molar-refractivity contribution in [2.24, 2.45) is 5.92 Å². The van der Waals surface area contributed by atoms with Crippen LogP contribution in [0.1, 0.15) is 48.3 Å². The highest BCUT2D eigenvalue weighted by molar-refractivity contribution is 6.11. The van der Waals surface area contributed by atoms with Crippen molar-refractivity contribution in [3.8, 4) is 0 Å². The number of carbonyl (C=O) groups excluding carboxylic acids is 1. The van der Waals surface area contributed by atoms with Gasteiger partial charge in [0.05, 0.1) is 6.04 Å². The predicted octanol–water partition coefficient (Wildman–Crippen LogP) is 4.50. The van der Waals surface area contributed by atoms with Crippen LogP contribution in [0.4, 0.5) is 17.5 Å². The predicted molar refractivity (Wildman–Crippen MR) is 146 cm³/mol. The highest BCUT2D eigenvalue weighted by Crippen LogP contribution is 2.36. The standard InChI is InChI=1S/C29H36N6O/c1-4-34-15-17-35(18-16-34)29-32-25-26(31-24(20(2)3)27(25)36)28(33-29)30-19-23(21-11-7-5-8-12-21)22-13-9-6-10-14-22/h5-14,20,23-24,31H,4,15-19H2,1-3H3,(H,30,32,33). The third-order valence-electron chi connectivity index (χ3n) is 7.36. The van der Waals surface area contributed by atoms with Crippen LogP contribution in [0, 0.1) is 5.92 Å². The van der Waals surface area contributed by atoms with Gasteiger partial charge >= 0.3 is 0 Å². The number of hydrogen-bond acceptors (Lipinski definition) is 7. The summed E-state index contributed by atoms with van der Waals surface area (Å²) in [4.78, 5) is 27.7. The summed E-state index contributed by atoms with van der Waals surface area (Å²) in [5, 5.41) is 7.06. The van der Waals surface area contributed by atoms with Gasteiger partial charge in [-0.2, -0.15) is 4.98 Å². The molecule has 36 heavy (non-hydrogen) atoms. The molecule has 188 valence electrons. The van der Waals surface area contributed by atoms with Crippen LogP contribution < -0.4 is 15.5 Å². The molecule has 7 heteroatoms. The fourth-order valence-corrected chi connectivity index (χ4v) is 5.13.